The monoisotopic (exact) mass is 502 g/mol. The van der Waals surface area contributed by atoms with Crippen molar-refractivity contribution in [1.29, 1.82) is 0 Å². The van der Waals surface area contributed by atoms with E-state index >= 15 is 0 Å². The van der Waals surface area contributed by atoms with Crippen LogP contribution in [0.5, 0.6) is 11.5 Å². The first kappa shape index (κ1) is 24.2. The smallest absolute Gasteiger partial charge is 0.119 e. The highest BCUT2D eigenvalue weighted by Crippen LogP contribution is 2.52. The van der Waals surface area contributed by atoms with Crippen molar-refractivity contribution in [1.82, 2.24) is 0 Å². The summed E-state index contributed by atoms with van der Waals surface area (Å²) < 4.78 is 11.4. The molecule has 0 radical (unpaired) electrons. The molecule has 38 heavy (non-hydrogen) atoms. The first-order chi connectivity index (χ1) is 18.8. The van der Waals surface area contributed by atoms with Gasteiger partial charge in [0.25, 0.3) is 0 Å². The fourth-order valence-electron chi connectivity index (χ4n) is 5.97. The Labute approximate surface area is 222 Å². The van der Waals surface area contributed by atoms with Gasteiger partial charge in [0.1, 0.15) is 24.7 Å². The second kappa shape index (κ2) is 10.3. The SMILES string of the molecule is OCCOc1ccc(C2(c3ccc(OCCO)cc3)c3ccccc3Cc3c2ccc2ccccc32)cc1. The zero-order valence-electron chi connectivity index (χ0n) is 21.1. The van der Waals surface area contributed by atoms with Crippen molar-refractivity contribution < 1.29 is 19.7 Å². The highest BCUT2D eigenvalue weighted by molar-refractivity contribution is 5.89. The molecule has 1 aliphatic carbocycles. The fourth-order valence-corrected chi connectivity index (χ4v) is 5.97. The van der Waals surface area contributed by atoms with E-state index in [2.05, 4.69) is 84.9 Å². The Balaban J connectivity index is 1.64. The van der Waals surface area contributed by atoms with Crippen molar-refractivity contribution >= 4 is 10.8 Å². The molecule has 4 nitrogen and oxygen atoms in total. The van der Waals surface area contributed by atoms with E-state index in [1.165, 1.54) is 33.0 Å². The molecule has 2 N–H and O–H groups in total. The maximum atomic E-state index is 9.21. The zero-order valence-corrected chi connectivity index (χ0v) is 21.1. The Morgan fingerprint density at radius 2 is 1.16 bits per heavy atom. The third kappa shape index (κ3) is 4.03. The topological polar surface area (TPSA) is 58.9 Å². The van der Waals surface area contributed by atoms with Gasteiger partial charge in [0.05, 0.1) is 18.6 Å². The molecule has 6 rings (SSSR count). The van der Waals surface area contributed by atoms with Gasteiger partial charge in [0.2, 0.25) is 0 Å². The number of hydrogen-bond acceptors (Lipinski definition) is 4. The summed E-state index contributed by atoms with van der Waals surface area (Å²) in [5.41, 5.74) is 6.89. The number of aliphatic hydroxyl groups excluding tert-OH is 2. The Morgan fingerprint density at radius 3 is 1.79 bits per heavy atom. The molecule has 190 valence electrons. The Kier molecular flexibility index (Phi) is 6.59. The fraction of sp³-hybridized carbons (Fsp3) is 0.176. The predicted octanol–water partition coefficient (Wildman–Crippen LogP) is 5.87. The van der Waals surface area contributed by atoms with Gasteiger partial charge in [-0.05, 0) is 74.8 Å². The highest BCUT2D eigenvalue weighted by atomic mass is 16.5. The Bertz CT molecular complexity index is 1500. The molecule has 0 aliphatic heterocycles. The molecule has 0 bridgehead atoms. The van der Waals surface area contributed by atoms with Crippen molar-refractivity contribution in [2.75, 3.05) is 26.4 Å². The van der Waals surface area contributed by atoms with Crippen LogP contribution >= 0.6 is 0 Å². The van der Waals surface area contributed by atoms with Crippen molar-refractivity contribution in [3.05, 3.63) is 143 Å². The van der Waals surface area contributed by atoms with Crippen LogP contribution < -0.4 is 9.47 Å². The summed E-state index contributed by atoms with van der Waals surface area (Å²) in [6.45, 7) is 0.476. The number of hydrogen-bond donors (Lipinski definition) is 2. The molecule has 0 fully saturated rings. The number of rotatable bonds is 8. The summed E-state index contributed by atoms with van der Waals surface area (Å²) >= 11 is 0. The number of benzene rings is 5. The van der Waals surface area contributed by atoms with Gasteiger partial charge in [-0.3, -0.25) is 0 Å². The van der Waals surface area contributed by atoms with Crippen LogP contribution in [0.2, 0.25) is 0 Å². The second-order valence-corrected chi connectivity index (χ2v) is 9.59. The van der Waals surface area contributed by atoms with Crippen LogP contribution in [0.4, 0.5) is 0 Å². The largest absolute Gasteiger partial charge is 0.491 e. The maximum absolute atomic E-state index is 9.21. The summed E-state index contributed by atoms with van der Waals surface area (Å²) in [7, 11) is 0. The van der Waals surface area contributed by atoms with E-state index in [9.17, 15) is 10.2 Å². The van der Waals surface area contributed by atoms with Crippen LogP contribution in [0.1, 0.15) is 33.4 Å². The summed E-state index contributed by atoms with van der Waals surface area (Å²) in [4.78, 5) is 0. The molecule has 0 saturated heterocycles. The molecular weight excluding hydrogens is 472 g/mol. The molecule has 0 atom stereocenters. The molecule has 0 heterocycles. The van der Waals surface area contributed by atoms with Crippen LogP contribution in [0.3, 0.4) is 0 Å². The minimum Gasteiger partial charge on any atom is -0.491 e. The van der Waals surface area contributed by atoms with E-state index in [4.69, 9.17) is 9.47 Å². The van der Waals surface area contributed by atoms with Gasteiger partial charge in [-0.15, -0.1) is 0 Å². The molecule has 0 spiro atoms. The lowest BCUT2D eigenvalue weighted by molar-refractivity contribution is 0.201. The average Bonchev–Trinajstić information content (AvgIpc) is 2.98. The predicted molar refractivity (Wildman–Crippen MR) is 150 cm³/mol. The molecular formula is C34H30O4. The normalized spacial score (nSPS) is 13.5. The molecule has 0 amide bonds. The van der Waals surface area contributed by atoms with Crippen molar-refractivity contribution in [3.8, 4) is 11.5 Å². The van der Waals surface area contributed by atoms with E-state index < -0.39 is 5.41 Å². The Hall–Kier alpha value is -4.12. The van der Waals surface area contributed by atoms with Crippen LogP contribution in [0.25, 0.3) is 10.8 Å². The van der Waals surface area contributed by atoms with Crippen LogP contribution in [-0.4, -0.2) is 36.6 Å². The third-order valence-electron chi connectivity index (χ3n) is 7.53. The lowest BCUT2D eigenvalue weighted by Crippen LogP contribution is -2.36. The molecule has 0 saturated carbocycles. The lowest BCUT2D eigenvalue weighted by Gasteiger charge is -2.43. The summed E-state index contributed by atoms with van der Waals surface area (Å²) in [6.07, 6.45) is 0.865. The molecule has 5 aromatic rings. The molecule has 4 heteroatoms. The highest BCUT2D eigenvalue weighted by Gasteiger charge is 2.44. The minimum absolute atomic E-state index is 0.0236. The standard InChI is InChI=1S/C34H30O4/c35-19-21-37-28-14-10-26(11-15-28)34(27-12-16-29(17-13-27)38-22-20-36)32-8-4-2-6-25(32)23-31-30-7-3-1-5-24(30)9-18-33(31)34/h1-18,35-36H,19-23H2. The van der Waals surface area contributed by atoms with Crippen molar-refractivity contribution in [2.45, 2.75) is 11.8 Å². The summed E-state index contributed by atoms with van der Waals surface area (Å²) in [5.74, 6) is 1.46. The van der Waals surface area contributed by atoms with E-state index in [1.807, 2.05) is 24.3 Å². The molecule has 5 aromatic carbocycles. The molecule has 0 unspecified atom stereocenters. The maximum Gasteiger partial charge on any atom is 0.119 e. The zero-order chi connectivity index (χ0) is 26.0. The van der Waals surface area contributed by atoms with E-state index in [1.54, 1.807) is 0 Å². The Morgan fingerprint density at radius 1 is 0.579 bits per heavy atom. The molecule has 0 aromatic heterocycles. The van der Waals surface area contributed by atoms with Gasteiger partial charge >= 0.3 is 0 Å². The van der Waals surface area contributed by atoms with Gasteiger partial charge in [0.15, 0.2) is 0 Å². The minimum atomic E-state index is -0.556. The van der Waals surface area contributed by atoms with Gasteiger partial charge in [-0.25, -0.2) is 0 Å². The number of aliphatic hydroxyl groups is 2. The lowest BCUT2D eigenvalue weighted by atomic mass is 9.59. The van der Waals surface area contributed by atoms with E-state index in [-0.39, 0.29) is 26.4 Å². The van der Waals surface area contributed by atoms with Crippen LogP contribution in [0.15, 0.2) is 109 Å². The van der Waals surface area contributed by atoms with Gasteiger partial charge in [-0.2, -0.15) is 0 Å². The van der Waals surface area contributed by atoms with Crippen molar-refractivity contribution in [3.63, 3.8) is 0 Å². The summed E-state index contributed by atoms with van der Waals surface area (Å²) in [6, 6.07) is 38.4. The van der Waals surface area contributed by atoms with Gasteiger partial charge < -0.3 is 19.7 Å². The summed E-state index contributed by atoms with van der Waals surface area (Å²) in [5, 5.41) is 20.9. The van der Waals surface area contributed by atoms with E-state index in [0.29, 0.717) is 0 Å². The van der Waals surface area contributed by atoms with E-state index in [0.717, 1.165) is 29.0 Å². The average molecular weight is 503 g/mol. The third-order valence-corrected chi connectivity index (χ3v) is 7.53. The van der Waals surface area contributed by atoms with Crippen molar-refractivity contribution in [2.24, 2.45) is 0 Å². The second-order valence-electron chi connectivity index (χ2n) is 9.59. The first-order valence-corrected chi connectivity index (χ1v) is 13.0. The van der Waals surface area contributed by atoms with Crippen LogP contribution in [0, 0.1) is 0 Å². The quantitative estimate of drug-likeness (QED) is 0.273. The number of fused-ring (bicyclic) bond motifs is 4. The van der Waals surface area contributed by atoms with Crippen LogP contribution in [-0.2, 0) is 11.8 Å². The molecule has 1 aliphatic rings. The van der Waals surface area contributed by atoms with Gasteiger partial charge in [0, 0.05) is 0 Å². The van der Waals surface area contributed by atoms with Gasteiger partial charge in [-0.1, -0.05) is 84.9 Å². The number of ether oxygens (including phenoxy) is 2. The first-order valence-electron chi connectivity index (χ1n) is 13.0.